The molecule has 0 spiro atoms. The molecule has 1 atom stereocenters. The van der Waals surface area contributed by atoms with E-state index in [-0.39, 0.29) is 4.92 Å². The van der Waals surface area contributed by atoms with Crippen molar-refractivity contribution in [1.29, 1.82) is 0 Å². The van der Waals surface area contributed by atoms with Crippen LogP contribution in [0.15, 0.2) is 30.3 Å². The SMILES string of the molecule is O=[N+]([O-])C(CN1CCC(C2CCCCC2)CC1)c1ccccc1. The fraction of sp³-hybridized carbons (Fsp3) is 0.684. The molecule has 4 heteroatoms. The van der Waals surface area contributed by atoms with Gasteiger partial charge in [0.2, 0.25) is 0 Å². The van der Waals surface area contributed by atoms with Crippen LogP contribution in [0.1, 0.15) is 56.6 Å². The molecule has 126 valence electrons. The van der Waals surface area contributed by atoms with Gasteiger partial charge in [-0.1, -0.05) is 62.4 Å². The molecule has 1 aliphatic carbocycles. The van der Waals surface area contributed by atoms with Gasteiger partial charge in [0.15, 0.2) is 0 Å². The van der Waals surface area contributed by atoms with E-state index < -0.39 is 6.04 Å². The molecule has 4 nitrogen and oxygen atoms in total. The molecule has 2 fully saturated rings. The Hall–Kier alpha value is -1.42. The number of hydrogen-bond acceptors (Lipinski definition) is 3. The number of nitrogens with zero attached hydrogens (tertiary/aromatic N) is 2. The summed E-state index contributed by atoms with van der Waals surface area (Å²) in [6, 6.07) is 8.85. The van der Waals surface area contributed by atoms with Crippen molar-refractivity contribution in [2.24, 2.45) is 11.8 Å². The quantitative estimate of drug-likeness (QED) is 0.601. The summed E-state index contributed by atoms with van der Waals surface area (Å²) in [6.07, 6.45) is 9.49. The zero-order valence-electron chi connectivity index (χ0n) is 13.9. The van der Waals surface area contributed by atoms with Crippen LogP contribution >= 0.6 is 0 Å². The molecule has 0 amide bonds. The maximum Gasteiger partial charge on any atom is 0.250 e. The standard InChI is InChI=1S/C19H28N2O2/c22-21(23)19(18-9-5-2-6-10-18)15-20-13-11-17(12-14-20)16-7-3-1-4-8-16/h2,5-6,9-10,16-17,19H,1,3-4,7-8,11-15H2. The van der Waals surface area contributed by atoms with Crippen molar-refractivity contribution >= 4 is 0 Å². The van der Waals surface area contributed by atoms with Crippen molar-refractivity contribution in [3.8, 4) is 0 Å². The van der Waals surface area contributed by atoms with Crippen LogP contribution in [-0.4, -0.2) is 29.5 Å². The third-order valence-electron chi connectivity index (χ3n) is 5.82. The Morgan fingerprint density at radius 3 is 2.22 bits per heavy atom. The Labute approximate surface area is 139 Å². The summed E-state index contributed by atoms with van der Waals surface area (Å²) < 4.78 is 0. The largest absolute Gasteiger partial charge is 0.296 e. The lowest BCUT2D eigenvalue weighted by atomic mass is 9.76. The minimum atomic E-state index is -0.595. The van der Waals surface area contributed by atoms with Crippen LogP contribution in [0.25, 0.3) is 0 Å². The van der Waals surface area contributed by atoms with E-state index in [4.69, 9.17) is 0 Å². The molecule has 1 saturated heterocycles. The molecule has 1 heterocycles. The second-order valence-corrected chi connectivity index (χ2v) is 7.25. The lowest BCUT2D eigenvalue weighted by Gasteiger charge is -2.37. The van der Waals surface area contributed by atoms with Crippen LogP contribution in [0.5, 0.6) is 0 Å². The fourth-order valence-electron chi connectivity index (χ4n) is 4.43. The van der Waals surface area contributed by atoms with Crippen LogP contribution in [-0.2, 0) is 0 Å². The van der Waals surface area contributed by atoms with Crippen molar-refractivity contribution in [1.82, 2.24) is 4.90 Å². The van der Waals surface area contributed by atoms with Crippen molar-refractivity contribution in [3.05, 3.63) is 46.0 Å². The number of hydrogen-bond donors (Lipinski definition) is 0. The van der Waals surface area contributed by atoms with E-state index in [1.54, 1.807) is 0 Å². The highest BCUT2D eigenvalue weighted by atomic mass is 16.6. The zero-order valence-corrected chi connectivity index (χ0v) is 13.9. The lowest BCUT2D eigenvalue weighted by Crippen LogP contribution is -2.40. The highest BCUT2D eigenvalue weighted by molar-refractivity contribution is 5.17. The molecule has 3 rings (SSSR count). The van der Waals surface area contributed by atoms with Gasteiger partial charge >= 0.3 is 0 Å². The lowest BCUT2D eigenvalue weighted by molar-refractivity contribution is -0.529. The van der Waals surface area contributed by atoms with Gasteiger partial charge in [0.05, 0.1) is 6.54 Å². The topological polar surface area (TPSA) is 46.4 Å². The van der Waals surface area contributed by atoms with Crippen LogP contribution in [0, 0.1) is 22.0 Å². The average Bonchev–Trinajstić information content (AvgIpc) is 2.61. The molecule has 0 N–H and O–H groups in total. The summed E-state index contributed by atoms with van der Waals surface area (Å²) in [4.78, 5) is 13.6. The zero-order chi connectivity index (χ0) is 16.1. The molecule has 1 unspecified atom stereocenters. The smallest absolute Gasteiger partial charge is 0.250 e. The normalized spacial score (nSPS) is 22.8. The van der Waals surface area contributed by atoms with Gasteiger partial charge in [-0.15, -0.1) is 0 Å². The first-order valence-corrected chi connectivity index (χ1v) is 9.15. The first-order valence-electron chi connectivity index (χ1n) is 9.15. The molecule has 1 aliphatic heterocycles. The number of piperidine rings is 1. The Kier molecular flexibility index (Phi) is 5.65. The second-order valence-electron chi connectivity index (χ2n) is 7.25. The monoisotopic (exact) mass is 316 g/mol. The Balaban J connectivity index is 1.53. The predicted octanol–water partition coefficient (Wildman–Crippen LogP) is 4.30. The second kappa shape index (κ2) is 7.91. The first kappa shape index (κ1) is 16.4. The molecule has 1 aromatic rings. The maximum absolute atomic E-state index is 11.5. The van der Waals surface area contributed by atoms with E-state index in [1.165, 1.54) is 44.9 Å². The molecule has 0 radical (unpaired) electrons. The molecule has 1 saturated carbocycles. The molecule has 0 aromatic heterocycles. The number of nitro groups is 1. The van der Waals surface area contributed by atoms with Crippen molar-refractivity contribution in [3.63, 3.8) is 0 Å². The summed E-state index contributed by atoms with van der Waals surface area (Å²) in [5, 5.41) is 11.5. The van der Waals surface area contributed by atoms with Gasteiger partial charge in [0, 0.05) is 10.5 Å². The highest BCUT2D eigenvalue weighted by Gasteiger charge is 2.31. The van der Waals surface area contributed by atoms with Gasteiger partial charge in [-0.2, -0.15) is 0 Å². The van der Waals surface area contributed by atoms with E-state index in [0.717, 1.165) is 30.5 Å². The van der Waals surface area contributed by atoms with Gasteiger partial charge in [0.25, 0.3) is 6.04 Å². The van der Waals surface area contributed by atoms with Crippen LogP contribution in [0.2, 0.25) is 0 Å². The number of likely N-dealkylation sites (tertiary alicyclic amines) is 1. The maximum atomic E-state index is 11.5. The van der Waals surface area contributed by atoms with Crippen molar-refractivity contribution < 1.29 is 4.92 Å². The van der Waals surface area contributed by atoms with Gasteiger partial charge in [-0.25, -0.2) is 0 Å². The molecule has 23 heavy (non-hydrogen) atoms. The highest BCUT2D eigenvalue weighted by Crippen LogP contribution is 2.36. The summed E-state index contributed by atoms with van der Waals surface area (Å²) >= 11 is 0. The van der Waals surface area contributed by atoms with E-state index in [2.05, 4.69) is 4.90 Å². The fourth-order valence-corrected chi connectivity index (χ4v) is 4.43. The summed E-state index contributed by atoms with van der Waals surface area (Å²) in [5.41, 5.74) is 0.826. The van der Waals surface area contributed by atoms with E-state index in [9.17, 15) is 10.1 Å². The Bertz CT molecular complexity index is 491. The molecule has 2 aliphatic rings. The Morgan fingerprint density at radius 2 is 1.61 bits per heavy atom. The van der Waals surface area contributed by atoms with Crippen LogP contribution in [0.3, 0.4) is 0 Å². The minimum Gasteiger partial charge on any atom is -0.296 e. The van der Waals surface area contributed by atoms with Crippen molar-refractivity contribution in [2.45, 2.75) is 51.0 Å². The van der Waals surface area contributed by atoms with Crippen LogP contribution in [0.4, 0.5) is 0 Å². The van der Waals surface area contributed by atoms with Crippen LogP contribution < -0.4 is 0 Å². The summed E-state index contributed by atoms with van der Waals surface area (Å²) in [7, 11) is 0. The molecular weight excluding hydrogens is 288 g/mol. The van der Waals surface area contributed by atoms with Gasteiger partial charge in [-0.05, 0) is 37.8 Å². The third-order valence-corrected chi connectivity index (χ3v) is 5.82. The number of benzene rings is 1. The Morgan fingerprint density at radius 1 is 1.00 bits per heavy atom. The molecule has 1 aromatic carbocycles. The minimum absolute atomic E-state index is 0.122. The predicted molar refractivity (Wildman–Crippen MR) is 91.9 cm³/mol. The first-order chi connectivity index (χ1) is 11.2. The summed E-state index contributed by atoms with van der Waals surface area (Å²) in [5.74, 6) is 1.78. The van der Waals surface area contributed by atoms with Gasteiger partial charge in [0.1, 0.15) is 0 Å². The summed E-state index contributed by atoms with van der Waals surface area (Å²) in [6.45, 7) is 2.60. The average molecular weight is 316 g/mol. The van der Waals surface area contributed by atoms with E-state index in [1.807, 2.05) is 30.3 Å². The number of rotatable bonds is 5. The molecule has 0 bridgehead atoms. The van der Waals surface area contributed by atoms with Crippen molar-refractivity contribution in [2.75, 3.05) is 19.6 Å². The van der Waals surface area contributed by atoms with E-state index in [0.29, 0.717) is 6.54 Å². The van der Waals surface area contributed by atoms with Gasteiger partial charge < -0.3 is 0 Å². The molecular formula is C19H28N2O2. The third kappa shape index (κ3) is 4.31. The van der Waals surface area contributed by atoms with Gasteiger partial charge in [-0.3, -0.25) is 15.0 Å². The van der Waals surface area contributed by atoms with E-state index >= 15 is 0 Å².